The first kappa shape index (κ1) is 11.5. The lowest BCUT2D eigenvalue weighted by molar-refractivity contribution is 0.112. The monoisotopic (exact) mass is 251 g/mol. The molecule has 2 N–H and O–H groups in total. The SMILES string of the molecule is CCCN1CCC[C@H]2c3nc(N)sc3CC[C@H]21. The molecular formula is C13H21N3S. The van der Waals surface area contributed by atoms with Crippen molar-refractivity contribution < 1.29 is 0 Å². The largest absolute Gasteiger partial charge is 0.375 e. The topological polar surface area (TPSA) is 42.2 Å². The third kappa shape index (κ3) is 1.97. The lowest BCUT2D eigenvalue weighted by atomic mass is 9.79. The first-order valence-corrected chi connectivity index (χ1v) is 7.60. The molecule has 17 heavy (non-hydrogen) atoms. The summed E-state index contributed by atoms with van der Waals surface area (Å²) in [7, 11) is 0. The van der Waals surface area contributed by atoms with Crippen LogP contribution in [0, 0.1) is 0 Å². The summed E-state index contributed by atoms with van der Waals surface area (Å²) in [6.07, 6.45) is 6.37. The van der Waals surface area contributed by atoms with Crippen molar-refractivity contribution in [3.05, 3.63) is 10.6 Å². The van der Waals surface area contributed by atoms with E-state index in [1.807, 2.05) is 0 Å². The van der Waals surface area contributed by atoms with Crippen LogP contribution in [0.15, 0.2) is 0 Å². The van der Waals surface area contributed by atoms with Gasteiger partial charge in [0.05, 0.1) is 5.69 Å². The minimum Gasteiger partial charge on any atom is -0.375 e. The van der Waals surface area contributed by atoms with Gasteiger partial charge in [0.1, 0.15) is 0 Å². The molecule has 2 heterocycles. The number of likely N-dealkylation sites (tertiary alicyclic amines) is 1. The van der Waals surface area contributed by atoms with E-state index < -0.39 is 0 Å². The Morgan fingerprint density at radius 2 is 2.35 bits per heavy atom. The van der Waals surface area contributed by atoms with E-state index in [0.717, 1.165) is 11.2 Å². The number of nitrogens with zero attached hydrogens (tertiary/aromatic N) is 2. The Balaban J connectivity index is 1.87. The Morgan fingerprint density at radius 3 is 3.18 bits per heavy atom. The quantitative estimate of drug-likeness (QED) is 0.878. The van der Waals surface area contributed by atoms with Crippen molar-refractivity contribution in [3.63, 3.8) is 0 Å². The van der Waals surface area contributed by atoms with Gasteiger partial charge in [-0.05, 0) is 45.2 Å². The summed E-state index contributed by atoms with van der Waals surface area (Å²) in [4.78, 5) is 8.75. The second-order valence-corrected chi connectivity index (χ2v) is 6.37. The summed E-state index contributed by atoms with van der Waals surface area (Å²) in [5, 5.41) is 0.767. The van der Waals surface area contributed by atoms with Crippen molar-refractivity contribution in [2.75, 3.05) is 18.8 Å². The van der Waals surface area contributed by atoms with Gasteiger partial charge in [-0.25, -0.2) is 4.98 Å². The van der Waals surface area contributed by atoms with Gasteiger partial charge in [0.25, 0.3) is 0 Å². The average Bonchev–Trinajstić information content (AvgIpc) is 2.70. The van der Waals surface area contributed by atoms with E-state index >= 15 is 0 Å². The van der Waals surface area contributed by atoms with E-state index in [-0.39, 0.29) is 0 Å². The van der Waals surface area contributed by atoms with Gasteiger partial charge in [-0.1, -0.05) is 6.92 Å². The number of thiazole rings is 1. The van der Waals surface area contributed by atoms with Crippen LogP contribution in [0.4, 0.5) is 5.13 Å². The molecule has 1 aromatic heterocycles. The highest BCUT2D eigenvalue weighted by molar-refractivity contribution is 7.15. The van der Waals surface area contributed by atoms with Gasteiger partial charge >= 0.3 is 0 Å². The lowest BCUT2D eigenvalue weighted by Gasteiger charge is -2.43. The van der Waals surface area contributed by atoms with Crippen LogP contribution in [0.3, 0.4) is 0 Å². The molecule has 0 unspecified atom stereocenters. The fraction of sp³-hybridized carbons (Fsp3) is 0.769. The molecule has 1 fully saturated rings. The molecule has 4 heteroatoms. The Hall–Kier alpha value is -0.610. The van der Waals surface area contributed by atoms with Crippen LogP contribution in [0.5, 0.6) is 0 Å². The number of piperidine rings is 1. The lowest BCUT2D eigenvalue weighted by Crippen LogP contribution is -2.46. The Bertz CT molecular complexity index is 399. The summed E-state index contributed by atoms with van der Waals surface area (Å²) in [5.41, 5.74) is 7.20. The van der Waals surface area contributed by atoms with Gasteiger partial charge in [0, 0.05) is 16.8 Å². The van der Waals surface area contributed by atoms with Gasteiger partial charge in [0.15, 0.2) is 5.13 Å². The highest BCUT2D eigenvalue weighted by atomic mass is 32.1. The molecule has 0 saturated carbocycles. The zero-order valence-electron chi connectivity index (χ0n) is 10.5. The van der Waals surface area contributed by atoms with Crippen LogP contribution >= 0.6 is 11.3 Å². The Labute approximate surface area is 107 Å². The van der Waals surface area contributed by atoms with Crippen LogP contribution < -0.4 is 5.73 Å². The van der Waals surface area contributed by atoms with E-state index in [4.69, 9.17) is 5.73 Å². The van der Waals surface area contributed by atoms with Crippen LogP contribution in [-0.4, -0.2) is 29.0 Å². The molecule has 1 aliphatic heterocycles. The number of hydrogen-bond acceptors (Lipinski definition) is 4. The van der Waals surface area contributed by atoms with E-state index in [9.17, 15) is 0 Å². The fourth-order valence-corrected chi connectivity index (χ4v) is 4.44. The maximum Gasteiger partial charge on any atom is 0.180 e. The molecule has 3 rings (SSSR count). The van der Waals surface area contributed by atoms with Gasteiger partial charge in [-0.3, -0.25) is 4.90 Å². The van der Waals surface area contributed by atoms with Crippen LogP contribution in [0.1, 0.15) is 49.1 Å². The average molecular weight is 251 g/mol. The number of aryl methyl sites for hydroxylation is 1. The van der Waals surface area contributed by atoms with Crippen LogP contribution in [-0.2, 0) is 6.42 Å². The van der Waals surface area contributed by atoms with Gasteiger partial charge < -0.3 is 5.73 Å². The van der Waals surface area contributed by atoms with Gasteiger partial charge in [0.2, 0.25) is 0 Å². The third-order valence-corrected chi connectivity index (χ3v) is 5.13. The summed E-state index contributed by atoms with van der Waals surface area (Å²) in [6, 6.07) is 0.734. The van der Waals surface area contributed by atoms with Crippen molar-refractivity contribution in [1.29, 1.82) is 0 Å². The maximum atomic E-state index is 5.87. The molecule has 0 amide bonds. The minimum absolute atomic E-state index is 0.660. The second kappa shape index (κ2) is 4.58. The normalized spacial score (nSPS) is 28.8. The summed E-state index contributed by atoms with van der Waals surface area (Å²) in [5.74, 6) is 0.660. The Kier molecular flexibility index (Phi) is 3.09. The predicted octanol–water partition coefficient (Wildman–Crippen LogP) is 2.63. The zero-order chi connectivity index (χ0) is 11.8. The highest BCUT2D eigenvalue weighted by Crippen LogP contribution is 2.42. The van der Waals surface area contributed by atoms with Gasteiger partial charge in [-0.2, -0.15) is 0 Å². The van der Waals surface area contributed by atoms with Crippen molar-refractivity contribution in [2.24, 2.45) is 0 Å². The molecule has 0 bridgehead atoms. The number of aromatic nitrogens is 1. The number of anilines is 1. The van der Waals surface area contributed by atoms with Gasteiger partial charge in [-0.15, -0.1) is 11.3 Å². The van der Waals surface area contributed by atoms with E-state index in [0.29, 0.717) is 5.92 Å². The minimum atomic E-state index is 0.660. The Morgan fingerprint density at radius 1 is 1.47 bits per heavy atom. The van der Waals surface area contributed by atoms with Crippen LogP contribution in [0.25, 0.3) is 0 Å². The van der Waals surface area contributed by atoms with E-state index in [2.05, 4.69) is 16.8 Å². The number of hydrogen-bond donors (Lipinski definition) is 1. The third-order valence-electron chi connectivity index (χ3n) is 4.17. The van der Waals surface area contributed by atoms with E-state index in [1.54, 1.807) is 11.3 Å². The van der Waals surface area contributed by atoms with Crippen molar-refractivity contribution >= 4 is 16.5 Å². The standard InChI is InChI=1S/C13H21N3S/c1-2-7-16-8-3-4-9-10(16)5-6-11-12(9)15-13(14)17-11/h9-10H,2-8H2,1H3,(H2,14,15)/t9-,10-/m1/s1. The molecule has 1 aromatic rings. The zero-order valence-corrected chi connectivity index (χ0v) is 11.3. The summed E-state index contributed by atoms with van der Waals surface area (Å²) in [6.45, 7) is 4.80. The molecule has 0 radical (unpaired) electrons. The molecule has 94 valence electrons. The fourth-order valence-electron chi connectivity index (χ4n) is 3.52. The van der Waals surface area contributed by atoms with Crippen LogP contribution in [0.2, 0.25) is 0 Å². The first-order chi connectivity index (χ1) is 8.29. The highest BCUT2D eigenvalue weighted by Gasteiger charge is 2.37. The molecule has 0 aromatic carbocycles. The number of nitrogens with two attached hydrogens (primary N) is 1. The molecule has 3 nitrogen and oxygen atoms in total. The van der Waals surface area contributed by atoms with Crippen molar-refractivity contribution in [1.82, 2.24) is 9.88 Å². The smallest absolute Gasteiger partial charge is 0.180 e. The number of fused-ring (bicyclic) bond motifs is 3. The summed E-state index contributed by atoms with van der Waals surface area (Å²) >= 11 is 1.71. The molecule has 1 aliphatic carbocycles. The summed E-state index contributed by atoms with van der Waals surface area (Å²) < 4.78 is 0. The predicted molar refractivity (Wildman–Crippen MR) is 72.5 cm³/mol. The molecule has 2 aliphatic rings. The molecule has 1 saturated heterocycles. The second-order valence-electron chi connectivity index (χ2n) is 5.25. The van der Waals surface area contributed by atoms with Crippen molar-refractivity contribution in [2.45, 2.75) is 51.0 Å². The first-order valence-electron chi connectivity index (χ1n) is 6.78. The number of rotatable bonds is 2. The van der Waals surface area contributed by atoms with E-state index in [1.165, 1.54) is 55.8 Å². The van der Waals surface area contributed by atoms with Crippen molar-refractivity contribution in [3.8, 4) is 0 Å². The molecule has 0 spiro atoms. The number of nitrogen functional groups attached to an aromatic ring is 1. The molecular weight excluding hydrogens is 230 g/mol. The maximum absolute atomic E-state index is 5.87. The molecule has 2 atom stereocenters.